The monoisotopic (exact) mass is 326 g/mol. The summed E-state index contributed by atoms with van der Waals surface area (Å²) >= 11 is 0. The van der Waals surface area contributed by atoms with E-state index in [2.05, 4.69) is 106 Å². The first kappa shape index (κ1) is 18.5. The van der Waals surface area contributed by atoms with Crippen LogP contribution >= 0.6 is 0 Å². The van der Waals surface area contributed by atoms with Gasteiger partial charge in [-0.05, 0) is 42.7 Å². The van der Waals surface area contributed by atoms with Crippen molar-refractivity contribution in [3.63, 3.8) is 0 Å². The topological polar surface area (TPSA) is 0 Å². The summed E-state index contributed by atoms with van der Waals surface area (Å²) in [4.78, 5) is 0. The van der Waals surface area contributed by atoms with Gasteiger partial charge in [0.15, 0.2) is 0 Å². The lowest BCUT2D eigenvalue weighted by atomic mass is 10.1. The van der Waals surface area contributed by atoms with Crippen molar-refractivity contribution < 1.29 is 0 Å². The predicted octanol–water partition coefficient (Wildman–Crippen LogP) is 7.14. The summed E-state index contributed by atoms with van der Waals surface area (Å²) in [6.45, 7) is 6.32. The molecule has 0 saturated carbocycles. The molecule has 0 atom stereocenters. The van der Waals surface area contributed by atoms with Crippen molar-refractivity contribution in [3.8, 4) is 0 Å². The SMILES string of the molecule is Cc1ccccc1.Cc1ccccc1C.c1ccc2ccccc2c1. The highest BCUT2D eigenvalue weighted by Gasteiger charge is 1.85. The van der Waals surface area contributed by atoms with Gasteiger partial charge in [0.25, 0.3) is 0 Å². The highest BCUT2D eigenvalue weighted by molar-refractivity contribution is 5.81. The van der Waals surface area contributed by atoms with Gasteiger partial charge in [0.1, 0.15) is 0 Å². The van der Waals surface area contributed by atoms with Crippen LogP contribution in [0.1, 0.15) is 16.7 Å². The molecule has 0 nitrogen and oxygen atoms in total. The number of hydrogen-bond donors (Lipinski definition) is 0. The molecule has 0 aliphatic carbocycles. The summed E-state index contributed by atoms with van der Waals surface area (Å²) in [5.74, 6) is 0. The zero-order chi connectivity index (χ0) is 17.9. The number of fused-ring (bicyclic) bond motifs is 1. The summed E-state index contributed by atoms with van der Waals surface area (Å²) in [5.41, 5.74) is 4.06. The van der Waals surface area contributed by atoms with Crippen molar-refractivity contribution in [3.05, 3.63) is 120 Å². The molecule has 4 rings (SSSR count). The van der Waals surface area contributed by atoms with Crippen LogP contribution in [-0.2, 0) is 0 Å². The van der Waals surface area contributed by atoms with Crippen molar-refractivity contribution in [2.45, 2.75) is 20.8 Å². The maximum absolute atomic E-state index is 2.12. The molecular formula is C25H26. The maximum atomic E-state index is 2.12. The second kappa shape index (κ2) is 10.1. The lowest BCUT2D eigenvalue weighted by Gasteiger charge is -1.93. The van der Waals surface area contributed by atoms with Gasteiger partial charge in [-0.25, -0.2) is 0 Å². The third-order valence-corrected chi connectivity index (χ3v) is 4.02. The van der Waals surface area contributed by atoms with E-state index in [1.807, 2.05) is 18.2 Å². The van der Waals surface area contributed by atoms with Crippen LogP contribution in [0.3, 0.4) is 0 Å². The standard InChI is InChI=1S/C10H8.C8H10.C7H8/c1-2-6-10-8-4-3-7-9(10)5-1;1-7-5-3-4-6-8(7)2;1-7-5-3-2-4-6-7/h1-8H;3-6H,1-2H3;2-6H,1H3. The molecule has 0 amide bonds. The first-order valence-corrected chi connectivity index (χ1v) is 8.64. The fourth-order valence-electron chi connectivity index (χ4n) is 2.33. The molecule has 0 saturated heterocycles. The quantitative estimate of drug-likeness (QED) is 0.322. The minimum atomic E-state index is 1.31. The fraction of sp³-hybridized carbons (Fsp3) is 0.120. The van der Waals surface area contributed by atoms with E-state index >= 15 is 0 Å². The molecule has 25 heavy (non-hydrogen) atoms. The Balaban J connectivity index is 0.000000138. The van der Waals surface area contributed by atoms with Crippen LogP contribution in [0.4, 0.5) is 0 Å². The third-order valence-electron chi connectivity index (χ3n) is 4.02. The minimum absolute atomic E-state index is 1.31. The van der Waals surface area contributed by atoms with E-state index in [9.17, 15) is 0 Å². The van der Waals surface area contributed by atoms with Gasteiger partial charge in [-0.2, -0.15) is 0 Å². The van der Waals surface area contributed by atoms with Crippen molar-refractivity contribution in [2.24, 2.45) is 0 Å². The van der Waals surface area contributed by atoms with E-state index in [-0.39, 0.29) is 0 Å². The Hall–Kier alpha value is -2.86. The molecule has 0 aliphatic rings. The average molecular weight is 326 g/mol. The Bertz CT molecular complexity index is 790. The highest BCUT2D eigenvalue weighted by Crippen LogP contribution is 2.11. The van der Waals surface area contributed by atoms with Gasteiger partial charge in [-0.15, -0.1) is 0 Å². The summed E-state index contributed by atoms with van der Waals surface area (Å²) in [6, 6.07) is 35.3. The van der Waals surface area contributed by atoms with Gasteiger partial charge in [0.05, 0.1) is 0 Å². The van der Waals surface area contributed by atoms with Crippen molar-refractivity contribution in [2.75, 3.05) is 0 Å². The van der Waals surface area contributed by atoms with Crippen LogP contribution in [0.25, 0.3) is 10.8 Å². The predicted molar refractivity (Wildman–Crippen MR) is 111 cm³/mol. The Morgan fingerprint density at radius 1 is 0.360 bits per heavy atom. The summed E-state index contributed by atoms with van der Waals surface area (Å²) in [6.07, 6.45) is 0. The first-order valence-electron chi connectivity index (χ1n) is 8.64. The van der Waals surface area contributed by atoms with E-state index in [1.54, 1.807) is 0 Å². The molecule has 0 radical (unpaired) electrons. The average Bonchev–Trinajstić information content (AvgIpc) is 2.66. The van der Waals surface area contributed by atoms with Gasteiger partial charge in [0.2, 0.25) is 0 Å². The molecule has 0 aromatic heterocycles. The molecule has 126 valence electrons. The second-order valence-electron chi connectivity index (χ2n) is 6.09. The largest absolute Gasteiger partial charge is 0.0622 e. The van der Waals surface area contributed by atoms with E-state index in [0.29, 0.717) is 0 Å². The Morgan fingerprint density at radius 2 is 0.680 bits per heavy atom. The molecule has 0 fully saturated rings. The van der Waals surface area contributed by atoms with Crippen LogP contribution in [-0.4, -0.2) is 0 Å². The van der Waals surface area contributed by atoms with Crippen LogP contribution in [0.2, 0.25) is 0 Å². The van der Waals surface area contributed by atoms with Crippen LogP contribution in [0.5, 0.6) is 0 Å². The summed E-state index contributed by atoms with van der Waals surface area (Å²) in [7, 11) is 0. The molecule has 0 heterocycles. The number of rotatable bonds is 0. The smallest absolute Gasteiger partial charge is 0.0184 e. The maximum Gasteiger partial charge on any atom is -0.0184 e. The van der Waals surface area contributed by atoms with E-state index < -0.39 is 0 Å². The molecule has 4 aromatic rings. The van der Waals surface area contributed by atoms with Crippen LogP contribution in [0, 0.1) is 20.8 Å². The Kier molecular flexibility index (Phi) is 7.46. The number of hydrogen-bond acceptors (Lipinski definition) is 0. The lowest BCUT2D eigenvalue weighted by molar-refractivity contribution is 1.34. The van der Waals surface area contributed by atoms with Crippen LogP contribution < -0.4 is 0 Å². The van der Waals surface area contributed by atoms with Gasteiger partial charge in [0, 0.05) is 0 Å². The zero-order valence-corrected chi connectivity index (χ0v) is 15.3. The minimum Gasteiger partial charge on any atom is -0.0622 e. The molecule has 0 spiro atoms. The van der Waals surface area contributed by atoms with E-state index in [4.69, 9.17) is 0 Å². The Labute approximate surface area is 151 Å². The van der Waals surface area contributed by atoms with E-state index in [1.165, 1.54) is 27.5 Å². The van der Waals surface area contributed by atoms with Crippen molar-refractivity contribution >= 4 is 10.8 Å². The van der Waals surface area contributed by atoms with Crippen LogP contribution in [0.15, 0.2) is 103 Å². The summed E-state index contributed by atoms with van der Waals surface area (Å²) < 4.78 is 0. The fourth-order valence-corrected chi connectivity index (χ4v) is 2.33. The normalized spacial score (nSPS) is 9.40. The molecule has 0 aliphatic heterocycles. The number of benzene rings is 4. The van der Waals surface area contributed by atoms with Gasteiger partial charge in [-0.1, -0.05) is 109 Å². The molecule has 4 aromatic carbocycles. The molecule has 0 bridgehead atoms. The van der Waals surface area contributed by atoms with Crippen molar-refractivity contribution in [1.29, 1.82) is 0 Å². The molecule has 0 N–H and O–H groups in total. The van der Waals surface area contributed by atoms with Gasteiger partial charge >= 0.3 is 0 Å². The molecular weight excluding hydrogens is 300 g/mol. The summed E-state index contributed by atoms with van der Waals surface area (Å²) in [5, 5.41) is 2.62. The third kappa shape index (κ3) is 6.64. The molecule has 0 unspecified atom stereocenters. The van der Waals surface area contributed by atoms with Crippen molar-refractivity contribution in [1.82, 2.24) is 0 Å². The number of aryl methyl sites for hydroxylation is 3. The highest BCUT2D eigenvalue weighted by atomic mass is 13.9. The zero-order valence-electron chi connectivity index (χ0n) is 15.3. The van der Waals surface area contributed by atoms with Gasteiger partial charge < -0.3 is 0 Å². The second-order valence-corrected chi connectivity index (χ2v) is 6.09. The van der Waals surface area contributed by atoms with Gasteiger partial charge in [-0.3, -0.25) is 0 Å². The lowest BCUT2D eigenvalue weighted by Crippen LogP contribution is -1.74. The first-order chi connectivity index (χ1) is 12.2. The molecule has 0 heteroatoms. The van der Waals surface area contributed by atoms with E-state index in [0.717, 1.165) is 0 Å². The Morgan fingerprint density at radius 3 is 0.960 bits per heavy atom.